The molecular formula is C14H12BrCl2NO. The Morgan fingerprint density at radius 2 is 1.74 bits per heavy atom. The van der Waals surface area contributed by atoms with E-state index in [-0.39, 0.29) is 0 Å². The van der Waals surface area contributed by atoms with E-state index in [9.17, 15) is 0 Å². The predicted molar refractivity (Wildman–Crippen MR) is 84.2 cm³/mol. The summed E-state index contributed by atoms with van der Waals surface area (Å²) in [6.07, 6.45) is 0.782. The molecule has 0 aliphatic heterocycles. The average Bonchev–Trinajstić information content (AvgIpc) is 2.38. The van der Waals surface area contributed by atoms with Crippen molar-refractivity contribution in [3.63, 3.8) is 0 Å². The third kappa shape index (κ3) is 4.03. The Balaban J connectivity index is 1.96. The van der Waals surface area contributed by atoms with Crippen LogP contribution in [0, 0.1) is 0 Å². The van der Waals surface area contributed by atoms with Crippen LogP contribution in [0.3, 0.4) is 0 Å². The van der Waals surface area contributed by atoms with Crippen LogP contribution in [0.25, 0.3) is 0 Å². The van der Waals surface area contributed by atoms with E-state index in [0.29, 0.717) is 22.4 Å². The summed E-state index contributed by atoms with van der Waals surface area (Å²) < 4.78 is 6.39. The molecule has 2 aromatic rings. The topological polar surface area (TPSA) is 35.2 Å². The van der Waals surface area contributed by atoms with E-state index in [1.165, 1.54) is 0 Å². The fraction of sp³-hybridized carbons (Fsp3) is 0.143. The molecule has 0 aliphatic carbocycles. The number of benzene rings is 2. The van der Waals surface area contributed by atoms with E-state index in [1.54, 1.807) is 12.1 Å². The molecular weight excluding hydrogens is 349 g/mol. The predicted octanol–water partition coefficient (Wildman–Crippen LogP) is 4.96. The number of rotatable bonds is 4. The van der Waals surface area contributed by atoms with E-state index >= 15 is 0 Å². The quantitative estimate of drug-likeness (QED) is 0.617. The summed E-state index contributed by atoms with van der Waals surface area (Å²) in [5, 5.41) is 1.11. The van der Waals surface area contributed by atoms with Crippen molar-refractivity contribution in [2.75, 3.05) is 12.3 Å². The molecule has 2 rings (SSSR count). The maximum Gasteiger partial charge on any atom is 0.139 e. The van der Waals surface area contributed by atoms with E-state index in [2.05, 4.69) is 15.9 Å². The van der Waals surface area contributed by atoms with Crippen LogP contribution in [0.4, 0.5) is 5.69 Å². The van der Waals surface area contributed by atoms with Gasteiger partial charge in [-0.05, 0) is 39.7 Å². The van der Waals surface area contributed by atoms with E-state index in [1.807, 2.05) is 24.3 Å². The Labute approximate surface area is 130 Å². The van der Waals surface area contributed by atoms with Crippen LogP contribution in [0.5, 0.6) is 5.75 Å². The molecule has 0 aromatic heterocycles. The minimum atomic E-state index is 0.529. The molecule has 0 radical (unpaired) electrons. The molecule has 5 heteroatoms. The van der Waals surface area contributed by atoms with Gasteiger partial charge in [0.2, 0.25) is 0 Å². The normalized spacial score (nSPS) is 10.5. The summed E-state index contributed by atoms with van der Waals surface area (Å²) in [6.45, 7) is 0.529. The summed E-state index contributed by atoms with van der Waals surface area (Å²) in [7, 11) is 0. The number of ether oxygens (including phenoxy) is 1. The minimum Gasteiger partial charge on any atom is -0.492 e. The van der Waals surface area contributed by atoms with Gasteiger partial charge in [0.25, 0.3) is 0 Å². The Morgan fingerprint density at radius 1 is 1.05 bits per heavy atom. The standard InChI is InChI=1S/C14H12BrCl2NO/c15-11-7-13(17)14(8-12(11)16)19-6-5-9-1-3-10(18)4-2-9/h1-4,7-8H,5-6,18H2. The second kappa shape index (κ2) is 6.51. The molecule has 0 fully saturated rings. The van der Waals surface area contributed by atoms with E-state index in [4.69, 9.17) is 33.7 Å². The van der Waals surface area contributed by atoms with Gasteiger partial charge in [-0.15, -0.1) is 0 Å². The first-order valence-corrected chi connectivity index (χ1v) is 7.23. The molecule has 0 spiro atoms. The highest BCUT2D eigenvalue weighted by atomic mass is 79.9. The molecule has 0 bridgehead atoms. The first-order valence-electron chi connectivity index (χ1n) is 5.68. The van der Waals surface area contributed by atoms with Crippen molar-refractivity contribution in [3.05, 3.63) is 56.5 Å². The highest BCUT2D eigenvalue weighted by molar-refractivity contribution is 9.10. The lowest BCUT2D eigenvalue weighted by atomic mass is 10.1. The average molecular weight is 361 g/mol. The van der Waals surface area contributed by atoms with Gasteiger partial charge in [0, 0.05) is 22.6 Å². The first kappa shape index (κ1) is 14.5. The number of hydrogen-bond donors (Lipinski definition) is 1. The zero-order valence-corrected chi connectivity index (χ0v) is 13.1. The van der Waals surface area contributed by atoms with Crippen molar-refractivity contribution in [1.82, 2.24) is 0 Å². The smallest absolute Gasteiger partial charge is 0.139 e. The van der Waals surface area contributed by atoms with Crippen molar-refractivity contribution in [1.29, 1.82) is 0 Å². The zero-order chi connectivity index (χ0) is 13.8. The fourth-order valence-electron chi connectivity index (χ4n) is 1.58. The third-order valence-corrected chi connectivity index (χ3v) is 4.10. The molecule has 19 heavy (non-hydrogen) atoms. The fourth-order valence-corrected chi connectivity index (χ4v) is 2.43. The number of halogens is 3. The van der Waals surface area contributed by atoms with Gasteiger partial charge in [-0.25, -0.2) is 0 Å². The van der Waals surface area contributed by atoms with Gasteiger partial charge < -0.3 is 10.5 Å². The summed E-state index contributed by atoms with van der Waals surface area (Å²) >= 11 is 15.4. The zero-order valence-electron chi connectivity index (χ0n) is 10.00. The molecule has 2 N–H and O–H groups in total. The maximum absolute atomic E-state index is 6.07. The van der Waals surface area contributed by atoms with Crippen LogP contribution in [0.2, 0.25) is 10.0 Å². The van der Waals surface area contributed by atoms with Gasteiger partial charge >= 0.3 is 0 Å². The van der Waals surface area contributed by atoms with Crippen molar-refractivity contribution < 1.29 is 4.74 Å². The summed E-state index contributed by atoms with van der Waals surface area (Å²) in [5.74, 6) is 0.588. The van der Waals surface area contributed by atoms with Crippen LogP contribution < -0.4 is 10.5 Å². The second-order valence-corrected chi connectivity index (χ2v) is 5.71. The van der Waals surface area contributed by atoms with Crippen molar-refractivity contribution in [3.8, 4) is 5.75 Å². The van der Waals surface area contributed by atoms with Gasteiger partial charge in [-0.2, -0.15) is 0 Å². The van der Waals surface area contributed by atoms with E-state index < -0.39 is 0 Å². The molecule has 0 saturated heterocycles. The van der Waals surface area contributed by atoms with E-state index in [0.717, 1.165) is 22.1 Å². The molecule has 0 aliphatic rings. The number of nitrogens with two attached hydrogens (primary N) is 1. The van der Waals surface area contributed by atoms with Crippen LogP contribution in [0.15, 0.2) is 40.9 Å². The van der Waals surface area contributed by atoms with Crippen molar-refractivity contribution in [2.24, 2.45) is 0 Å². The van der Waals surface area contributed by atoms with Crippen LogP contribution in [0.1, 0.15) is 5.56 Å². The second-order valence-electron chi connectivity index (χ2n) is 4.04. The lowest BCUT2D eigenvalue weighted by Crippen LogP contribution is -2.02. The number of anilines is 1. The van der Waals surface area contributed by atoms with Gasteiger partial charge in [-0.1, -0.05) is 35.3 Å². The third-order valence-electron chi connectivity index (χ3n) is 2.60. The monoisotopic (exact) mass is 359 g/mol. The molecule has 2 nitrogen and oxygen atoms in total. The van der Waals surface area contributed by atoms with Gasteiger partial charge in [0.15, 0.2) is 0 Å². The largest absolute Gasteiger partial charge is 0.492 e. The molecule has 0 unspecified atom stereocenters. The van der Waals surface area contributed by atoms with Gasteiger partial charge in [-0.3, -0.25) is 0 Å². The molecule has 100 valence electrons. The summed E-state index contributed by atoms with van der Waals surface area (Å²) in [6, 6.07) is 11.1. The molecule has 0 saturated carbocycles. The summed E-state index contributed by atoms with van der Waals surface area (Å²) in [5.41, 5.74) is 7.55. The summed E-state index contributed by atoms with van der Waals surface area (Å²) in [4.78, 5) is 0. The van der Waals surface area contributed by atoms with Crippen LogP contribution in [-0.2, 0) is 6.42 Å². The number of nitrogen functional groups attached to an aromatic ring is 1. The molecule has 0 atom stereocenters. The Bertz CT molecular complexity index is 572. The van der Waals surface area contributed by atoms with Gasteiger partial charge in [0.1, 0.15) is 5.75 Å². The highest BCUT2D eigenvalue weighted by Gasteiger charge is 2.06. The lowest BCUT2D eigenvalue weighted by Gasteiger charge is -2.09. The van der Waals surface area contributed by atoms with Crippen molar-refractivity contribution >= 4 is 44.8 Å². The van der Waals surface area contributed by atoms with Gasteiger partial charge in [0.05, 0.1) is 16.7 Å². The number of hydrogen-bond acceptors (Lipinski definition) is 2. The highest BCUT2D eigenvalue weighted by Crippen LogP contribution is 2.34. The Kier molecular flexibility index (Phi) is 4.97. The Hall–Kier alpha value is -0.900. The Morgan fingerprint density at radius 3 is 2.42 bits per heavy atom. The first-order chi connectivity index (χ1) is 9.06. The SMILES string of the molecule is Nc1ccc(CCOc2cc(Cl)c(Br)cc2Cl)cc1. The lowest BCUT2D eigenvalue weighted by molar-refractivity contribution is 0.322. The van der Waals surface area contributed by atoms with Crippen LogP contribution in [-0.4, -0.2) is 6.61 Å². The molecule has 0 amide bonds. The molecule has 0 heterocycles. The molecule has 2 aromatic carbocycles. The maximum atomic E-state index is 6.07. The van der Waals surface area contributed by atoms with Crippen LogP contribution >= 0.6 is 39.1 Å². The van der Waals surface area contributed by atoms with Crippen molar-refractivity contribution in [2.45, 2.75) is 6.42 Å². The minimum absolute atomic E-state index is 0.529.